The first kappa shape index (κ1) is 10.5. The molecule has 2 rings (SSSR count). The molecule has 2 heterocycles. The Morgan fingerprint density at radius 1 is 1.50 bits per heavy atom. The fraction of sp³-hybridized carbons (Fsp3) is 0.500. The van der Waals surface area contributed by atoms with Gasteiger partial charge in [0.2, 0.25) is 0 Å². The summed E-state index contributed by atoms with van der Waals surface area (Å²) >= 11 is 5.31. The van der Waals surface area contributed by atoms with Gasteiger partial charge in [-0.15, -0.1) is 23.7 Å². The fourth-order valence-corrected chi connectivity index (χ4v) is 2.98. The molecule has 0 bridgehead atoms. The lowest BCUT2D eigenvalue weighted by Crippen LogP contribution is -2.11. The zero-order valence-electron chi connectivity index (χ0n) is 6.55. The molecule has 1 saturated heterocycles. The van der Waals surface area contributed by atoms with E-state index in [1.807, 2.05) is 11.3 Å². The first-order valence-corrected chi connectivity index (χ1v) is 5.46. The Labute approximate surface area is 91.1 Å². The molecule has 4 heteroatoms. The molecule has 1 atom stereocenters. The Bertz CT molecular complexity index is 245. The molecule has 12 heavy (non-hydrogen) atoms. The summed E-state index contributed by atoms with van der Waals surface area (Å²) in [7, 11) is 0. The van der Waals surface area contributed by atoms with Gasteiger partial charge in [0, 0.05) is 10.9 Å². The fourth-order valence-electron chi connectivity index (χ4n) is 1.44. The van der Waals surface area contributed by atoms with Gasteiger partial charge in [-0.25, -0.2) is 0 Å². The second kappa shape index (κ2) is 4.61. The summed E-state index contributed by atoms with van der Waals surface area (Å²) in [5.41, 5.74) is 0. The predicted octanol–water partition coefficient (Wildman–Crippen LogP) is 3.36. The summed E-state index contributed by atoms with van der Waals surface area (Å²) in [4.78, 5) is 1.47. The molecule has 0 radical (unpaired) electrons. The van der Waals surface area contributed by atoms with Gasteiger partial charge in [0.15, 0.2) is 0 Å². The lowest BCUT2D eigenvalue weighted by molar-refractivity contribution is 0.660. The molecule has 1 aromatic heterocycles. The second-order valence-corrected chi connectivity index (χ2v) is 5.29. The van der Waals surface area contributed by atoms with Crippen molar-refractivity contribution in [1.29, 1.82) is 0 Å². The minimum atomic E-state index is 0. The van der Waals surface area contributed by atoms with Crippen LogP contribution in [0.15, 0.2) is 15.9 Å². The van der Waals surface area contributed by atoms with Gasteiger partial charge in [-0.1, -0.05) is 0 Å². The average Bonchev–Trinajstić information content (AvgIpc) is 2.55. The van der Waals surface area contributed by atoms with E-state index < -0.39 is 0 Å². The van der Waals surface area contributed by atoms with E-state index in [0.717, 1.165) is 0 Å². The van der Waals surface area contributed by atoms with Crippen molar-refractivity contribution in [3.8, 4) is 0 Å². The molecule has 0 aliphatic carbocycles. The van der Waals surface area contributed by atoms with E-state index in [1.165, 1.54) is 28.0 Å². The normalized spacial score (nSPS) is 22.2. The summed E-state index contributed by atoms with van der Waals surface area (Å²) < 4.78 is 1.24. The summed E-state index contributed by atoms with van der Waals surface area (Å²) in [5.74, 6) is 0. The Kier molecular flexibility index (Phi) is 4.03. The lowest BCUT2D eigenvalue weighted by atomic mass is 10.2. The summed E-state index contributed by atoms with van der Waals surface area (Å²) in [6.45, 7) is 1.18. The first-order chi connectivity index (χ1) is 5.36. The highest BCUT2D eigenvalue weighted by atomic mass is 79.9. The molecule has 0 spiro atoms. The molecule has 1 aliphatic rings. The van der Waals surface area contributed by atoms with Gasteiger partial charge < -0.3 is 5.32 Å². The van der Waals surface area contributed by atoms with Crippen LogP contribution in [0.25, 0.3) is 0 Å². The third-order valence-electron chi connectivity index (χ3n) is 2.00. The van der Waals surface area contributed by atoms with Crippen molar-refractivity contribution < 1.29 is 0 Å². The zero-order valence-corrected chi connectivity index (χ0v) is 9.77. The Balaban J connectivity index is 0.000000720. The molecule has 1 nitrogen and oxygen atoms in total. The van der Waals surface area contributed by atoms with E-state index in [4.69, 9.17) is 0 Å². The number of hydrogen-bond acceptors (Lipinski definition) is 2. The van der Waals surface area contributed by atoms with Crippen LogP contribution in [0.5, 0.6) is 0 Å². The van der Waals surface area contributed by atoms with Crippen molar-refractivity contribution >= 4 is 39.7 Å². The van der Waals surface area contributed by atoms with Crippen LogP contribution in [-0.2, 0) is 0 Å². The number of nitrogens with one attached hydrogen (secondary N) is 1. The summed E-state index contributed by atoms with van der Waals surface area (Å²) in [6, 6.07) is 4.96. The van der Waals surface area contributed by atoms with Crippen LogP contribution in [-0.4, -0.2) is 6.54 Å². The van der Waals surface area contributed by atoms with Crippen LogP contribution in [0.4, 0.5) is 0 Å². The molecule has 0 saturated carbocycles. The van der Waals surface area contributed by atoms with Crippen LogP contribution < -0.4 is 5.32 Å². The molecule has 0 aromatic carbocycles. The second-order valence-electron chi connectivity index (χ2n) is 2.79. The van der Waals surface area contributed by atoms with E-state index in [0.29, 0.717) is 6.04 Å². The highest BCUT2D eigenvalue weighted by Gasteiger charge is 2.16. The molecule has 1 aromatic rings. The number of halogens is 2. The van der Waals surface area contributed by atoms with E-state index >= 15 is 0 Å². The van der Waals surface area contributed by atoms with Crippen molar-refractivity contribution in [2.24, 2.45) is 0 Å². The number of hydrogen-bond donors (Lipinski definition) is 1. The standard InChI is InChI=1S/C8H10BrNS.ClH/c9-8-4-3-7(11-8)6-2-1-5-10-6;/h3-4,6,10H,1-2,5H2;1H/t6-;/m1./s1. The predicted molar refractivity (Wildman–Crippen MR) is 59.2 cm³/mol. The molecule has 0 unspecified atom stereocenters. The van der Waals surface area contributed by atoms with Gasteiger partial charge in [-0.05, 0) is 47.4 Å². The zero-order chi connectivity index (χ0) is 7.68. The quantitative estimate of drug-likeness (QED) is 0.823. The molecule has 1 fully saturated rings. The minimum absolute atomic E-state index is 0. The Hall–Kier alpha value is 0.430. The molecule has 1 aliphatic heterocycles. The van der Waals surface area contributed by atoms with Crippen molar-refractivity contribution in [3.05, 3.63) is 20.8 Å². The SMILES string of the molecule is Brc1ccc([C@H]2CCCN2)s1.Cl. The van der Waals surface area contributed by atoms with Gasteiger partial charge in [-0.2, -0.15) is 0 Å². The summed E-state index contributed by atoms with van der Waals surface area (Å²) in [5, 5.41) is 3.48. The van der Waals surface area contributed by atoms with Crippen LogP contribution in [0, 0.1) is 0 Å². The van der Waals surface area contributed by atoms with Crippen molar-refractivity contribution in [2.45, 2.75) is 18.9 Å². The smallest absolute Gasteiger partial charge is 0.0701 e. The maximum Gasteiger partial charge on any atom is 0.0701 e. The topological polar surface area (TPSA) is 12.0 Å². The third-order valence-corrected chi connectivity index (χ3v) is 3.74. The highest BCUT2D eigenvalue weighted by molar-refractivity contribution is 9.11. The number of rotatable bonds is 1. The molecular weight excluding hydrogens is 258 g/mol. The monoisotopic (exact) mass is 267 g/mol. The molecule has 68 valence electrons. The van der Waals surface area contributed by atoms with Gasteiger partial charge in [0.1, 0.15) is 0 Å². The largest absolute Gasteiger partial charge is 0.309 e. The summed E-state index contributed by atoms with van der Waals surface area (Å²) in [6.07, 6.45) is 2.62. The van der Waals surface area contributed by atoms with Gasteiger partial charge >= 0.3 is 0 Å². The molecule has 0 amide bonds. The van der Waals surface area contributed by atoms with Crippen LogP contribution in [0.1, 0.15) is 23.8 Å². The Morgan fingerprint density at radius 2 is 2.33 bits per heavy atom. The van der Waals surface area contributed by atoms with Gasteiger partial charge in [0.05, 0.1) is 3.79 Å². The van der Waals surface area contributed by atoms with E-state index in [1.54, 1.807) is 0 Å². The maximum atomic E-state index is 3.48. The third kappa shape index (κ3) is 2.22. The van der Waals surface area contributed by atoms with E-state index in [9.17, 15) is 0 Å². The maximum absolute atomic E-state index is 3.48. The van der Waals surface area contributed by atoms with E-state index in [2.05, 4.69) is 33.4 Å². The molecule has 1 N–H and O–H groups in total. The Morgan fingerprint density at radius 3 is 2.83 bits per heavy atom. The van der Waals surface area contributed by atoms with Crippen molar-refractivity contribution in [2.75, 3.05) is 6.54 Å². The average molecular weight is 269 g/mol. The van der Waals surface area contributed by atoms with E-state index in [-0.39, 0.29) is 12.4 Å². The van der Waals surface area contributed by atoms with Gasteiger partial charge in [-0.3, -0.25) is 0 Å². The lowest BCUT2D eigenvalue weighted by Gasteiger charge is -2.05. The van der Waals surface area contributed by atoms with Crippen LogP contribution in [0.2, 0.25) is 0 Å². The van der Waals surface area contributed by atoms with Crippen LogP contribution in [0.3, 0.4) is 0 Å². The first-order valence-electron chi connectivity index (χ1n) is 3.85. The molecular formula is C8H11BrClNS. The number of thiophene rings is 1. The minimum Gasteiger partial charge on any atom is -0.309 e. The van der Waals surface area contributed by atoms with Crippen molar-refractivity contribution in [1.82, 2.24) is 5.32 Å². The van der Waals surface area contributed by atoms with Crippen LogP contribution >= 0.6 is 39.7 Å². The highest BCUT2D eigenvalue weighted by Crippen LogP contribution is 2.31. The van der Waals surface area contributed by atoms with Gasteiger partial charge in [0.25, 0.3) is 0 Å². The van der Waals surface area contributed by atoms with Crippen molar-refractivity contribution in [3.63, 3.8) is 0 Å².